The quantitative estimate of drug-likeness (QED) is 0.585. The van der Waals surface area contributed by atoms with Gasteiger partial charge in [-0.15, -0.1) is 0 Å². The van der Waals surface area contributed by atoms with Crippen molar-refractivity contribution in [1.29, 1.82) is 0 Å². The van der Waals surface area contributed by atoms with Gasteiger partial charge in [0, 0.05) is 6.42 Å². The van der Waals surface area contributed by atoms with E-state index in [0.717, 1.165) is 49.7 Å². The summed E-state index contributed by atoms with van der Waals surface area (Å²) in [5, 5.41) is 0. The number of hydrogen-bond donors (Lipinski definition) is 0. The number of benzene rings is 1. The average molecular weight is 342 g/mol. The molecule has 0 aromatic heterocycles. The molecule has 2 unspecified atom stereocenters. The first-order chi connectivity index (χ1) is 11.4. The highest BCUT2D eigenvalue weighted by Gasteiger charge is 2.58. The van der Waals surface area contributed by atoms with Crippen molar-refractivity contribution in [1.82, 2.24) is 0 Å². The van der Waals surface area contributed by atoms with Crippen molar-refractivity contribution in [3.05, 3.63) is 34.9 Å². The molecule has 0 N–H and O–H groups in total. The summed E-state index contributed by atoms with van der Waals surface area (Å²) in [4.78, 5) is 12.4. The van der Waals surface area contributed by atoms with Crippen LogP contribution in [0.25, 0.3) is 0 Å². The van der Waals surface area contributed by atoms with Crippen LogP contribution in [0.1, 0.15) is 67.4 Å². The first kappa shape index (κ1) is 18.8. The fourth-order valence-corrected chi connectivity index (χ4v) is 2.92. The fraction of sp³-hybridized carbons (Fsp3) is 0.632. The third kappa shape index (κ3) is 4.74. The molecule has 5 heteroatoms. The standard InChI is InChI=1S/C19H25F3O2/c1-3-5-8-13-9-7-11-15(14(13)10-6-4-2)18(23)24-17-12-16(17)19(20,21)22/h7,9,11,16-17H,3-6,8,10,12H2,1-2H3. The van der Waals surface area contributed by atoms with E-state index >= 15 is 0 Å². The number of hydrogen-bond acceptors (Lipinski definition) is 2. The summed E-state index contributed by atoms with van der Waals surface area (Å²) < 4.78 is 42.9. The van der Waals surface area contributed by atoms with Gasteiger partial charge in [0.1, 0.15) is 6.10 Å². The molecule has 0 radical (unpaired) electrons. The minimum Gasteiger partial charge on any atom is -0.458 e. The zero-order valence-corrected chi connectivity index (χ0v) is 14.3. The normalized spacial score (nSPS) is 20.0. The highest BCUT2D eigenvalue weighted by molar-refractivity contribution is 5.91. The van der Waals surface area contributed by atoms with E-state index < -0.39 is 24.2 Å². The van der Waals surface area contributed by atoms with E-state index in [1.165, 1.54) is 0 Å². The summed E-state index contributed by atoms with van der Waals surface area (Å²) in [5.74, 6) is -2.11. The molecule has 1 aliphatic rings. The first-order valence-electron chi connectivity index (χ1n) is 8.76. The largest absolute Gasteiger partial charge is 0.458 e. The molecular formula is C19H25F3O2. The van der Waals surface area contributed by atoms with Gasteiger partial charge in [0.2, 0.25) is 0 Å². The molecule has 1 aromatic carbocycles. The SMILES string of the molecule is CCCCc1cccc(C(=O)OC2CC2C(F)(F)F)c1CCCC. The number of halogens is 3. The van der Waals surface area contributed by atoms with Gasteiger partial charge in [-0.2, -0.15) is 13.2 Å². The zero-order chi connectivity index (χ0) is 17.7. The fourth-order valence-electron chi connectivity index (χ4n) is 2.92. The summed E-state index contributed by atoms with van der Waals surface area (Å²) in [7, 11) is 0. The topological polar surface area (TPSA) is 26.3 Å². The van der Waals surface area contributed by atoms with E-state index in [1.54, 1.807) is 12.1 Å². The van der Waals surface area contributed by atoms with Crippen LogP contribution < -0.4 is 0 Å². The lowest BCUT2D eigenvalue weighted by Gasteiger charge is -2.14. The molecular weight excluding hydrogens is 317 g/mol. The van der Waals surface area contributed by atoms with Crippen molar-refractivity contribution in [2.45, 2.75) is 71.1 Å². The zero-order valence-electron chi connectivity index (χ0n) is 14.3. The minimum absolute atomic E-state index is 0.116. The second-order valence-electron chi connectivity index (χ2n) is 6.48. The van der Waals surface area contributed by atoms with Crippen molar-refractivity contribution < 1.29 is 22.7 Å². The highest BCUT2D eigenvalue weighted by Crippen LogP contribution is 2.46. The minimum atomic E-state index is -4.28. The van der Waals surface area contributed by atoms with Crippen molar-refractivity contribution in [2.75, 3.05) is 0 Å². The molecule has 2 rings (SSSR count). The van der Waals surface area contributed by atoms with Gasteiger partial charge in [-0.3, -0.25) is 0 Å². The van der Waals surface area contributed by atoms with E-state index in [2.05, 4.69) is 13.8 Å². The summed E-state index contributed by atoms with van der Waals surface area (Å²) in [6.07, 6.45) is 0.241. The van der Waals surface area contributed by atoms with Gasteiger partial charge < -0.3 is 4.74 Å². The molecule has 1 aliphatic carbocycles. The lowest BCUT2D eigenvalue weighted by molar-refractivity contribution is -0.154. The third-order valence-corrected chi connectivity index (χ3v) is 4.48. The van der Waals surface area contributed by atoms with Crippen molar-refractivity contribution >= 4 is 5.97 Å². The Morgan fingerprint density at radius 2 is 1.83 bits per heavy atom. The number of carbonyl (C=O) groups is 1. The van der Waals surface area contributed by atoms with Crippen LogP contribution in [0.5, 0.6) is 0 Å². The maximum absolute atomic E-state index is 12.6. The predicted octanol–water partition coefficient (Wildman–Crippen LogP) is 5.48. The van der Waals surface area contributed by atoms with Crippen LogP contribution >= 0.6 is 0 Å². The van der Waals surface area contributed by atoms with E-state index in [-0.39, 0.29) is 6.42 Å². The summed E-state index contributed by atoms with van der Waals surface area (Å²) in [6, 6.07) is 5.48. The maximum Gasteiger partial charge on any atom is 0.395 e. The molecule has 134 valence electrons. The van der Waals surface area contributed by atoms with Crippen LogP contribution in [0.4, 0.5) is 13.2 Å². The van der Waals surface area contributed by atoms with Gasteiger partial charge in [-0.25, -0.2) is 4.79 Å². The van der Waals surface area contributed by atoms with Crippen LogP contribution in [0.15, 0.2) is 18.2 Å². The molecule has 2 atom stereocenters. The van der Waals surface area contributed by atoms with Crippen LogP contribution in [-0.4, -0.2) is 18.2 Å². The lowest BCUT2D eigenvalue weighted by Crippen LogP contribution is -2.18. The Balaban J connectivity index is 2.14. The number of ether oxygens (including phenoxy) is 1. The highest BCUT2D eigenvalue weighted by atomic mass is 19.4. The van der Waals surface area contributed by atoms with Crippen LogP contribution in [0.3, 0.4) is 0 Å². The van der Waals surface area contributed by atoms with E-state index in [4.69, 9.17) is 4.74 Å². The summed E-state index contributed by atoms with van der Waals surface area (Å²) >= 11 is 0. The number of esters is 1. The van der Waals surface area contributed by atoms with Gasteiger partial charge in [0.25, 0.3) is 0 Å². The lowest BCUT2D eigenvalue weighted by atomic mass is 9.93. The molecule has 1 fully saturated rings. The monoisotopic (exact) mass is 342 g/mol. The Morgan fingerprint density at radius 3 is 2.42 bits per heavy atom. The average Bonchev–Trinajstić information content (AvgIpc) is 3.30. The Kier molecular flexibility index (Phi) is 6.30. The number of unbranched alkanes of at least 4 members (excludes halogenated alkanes) is 2. The molecule has 0 heterocycles. The number of aryl methyl sites for hydroxylation is 1. The molecule has 0 amide bonds. The smallest absolute Gasteiger partial charge is 0.395 e. The molecule has 0 saturated heterocycles. The van der Waals surface area contributed by atoms with Crippen LogP contribution in [0.2, 0.25) is 0 Å². The van der Waals surface area contributed by atoms with E-state index in [9.17, 15) is 18.0 Å². The second kappa shape index (κ2) is 8.04. The van der Waals surface area contributed by atoms with Gasteiger partial charge >= 0.3 is 12.1 Å². The Morgan fingerprint density at radius 1 is 1.17 bits per heavy atom. The van der Waals surface area contributed by atoms with Crippen molar-refractivity contribution in [3.8, 4) is 0 Å². The predicted molar refractivity (Wildman–Crippen MR) is 87.0 cm³/mol. The van der Waals surface area contributed by atoms with E-state index in [0.29, 0.717) is 5.56 Å². The Bertz CT molecular complexity index is 566. The molecule has 1 aromatic rings. The third-order valence-electron chi connectivity index (χ3n) is 4.48. The number of carbonyl (C=O) groups excluding carboxylic acids is 1. The number of alkyl halides is 3. The summed E-state index contributed by atoms with van der Waals surface area (Å²) in [6.45, 7) is 4.18. The van der Waals surface area contributed by atoms with Gasteiger partial charge in [0.05, 0.1) is 11.5 Å². The van der Waals surface area contributed by atoms with Crippen LogP contribution in [-0.2, 0) is 17.6 Å². The summed E-state index contributed by atoms with van der Waals surface area (Å²) in [5.41, 5.74) is 2.50. The molecule has 2 nitrogen and oxygen atoms in total. The first-order valence-corrected chi connectivity index (χ1v) is 8.76. The maximum atomic E-state index is 12.6. The van der Waals surface area contributed by atoms with Crippen molar-refractivity contribution in [2.24, 2.45) is 5.92 Å². The Labute approximate surface area is 141 Å². The van der Waals surface area contributed by atoms with Crippen molar-refractivity contribution in [3.63, 3.8) is 0 Å². The van der Waals surface area contributed by atoms with Gasteiger partial charge in [-0.1, -0.05) is 38.8 Å². The molecule has 1 saturated carbocycles. The van der Waals surface area contributed by atoms with Gasteiger partial charge in [0.15, 0.2) is 0 Å². The van der Waals surface area contributed by atoms with Gasteiger partial charge in [-0.05, 0) is 42.9 Å². The second-order valence-corrected chi connectivity index (χ2v) is 6.48. The molecule has 0 aliphatic heterocycles. The molecule has 24 heavy (non-hydrogen) atoms. The van der Waals surface area contributed by atoms with E-state index in [1.807, 2.05) is 6.07 Å². The number of rotatable bonds is 8. The Hall–Kier alpha value is -1.52. The molecule has 0 bridgehead atoms. The molecule has 0 spiro atoms. The van der Waals surface area contributed by atoms with Crippen LogP contribution in [0, 0.1) is 5.92 Å².